The molecular formula is C22H22F3N7O. The molecule has 4 aromatic rings. The Morgan fingerprint density at radius 3 is 2.67 bits per heavy atom. The smallest absolute Gasteiger partial charge is 0.354 e. The van der Waals surface area contributed by atoms with Crippen LogP contribution in [0.2, 0.25) is 0 Å². The summed E-state index contributed by atoms with van der Waals surface area (Å²) in [6.07, 6.45) is 2.68. The molecule has 0 bridgehead atoms. The van der Waals surface area contributed by atoms with Crippen molar-refractivity contribution in [3.05, 3.63) is 54.9 Å². The molecule has 4 rings (SSSR count). The summed E-state index contributed by atoms with van der Waals surface area (Å²) in [5.74, 6) is -1.82. The van der Waals surface area contributed by atoms with Crippen molar-refractivity contribution >= 4 is 17.1 Å². The Morgan fingerprint density at radius 2 is 1.97 bits per heavy atom. The van der Waals surface area contributed by atoms with Crippen LogP contribution in [0, 0.1) is 0 Å². The van der Waals surface area contributed by atoms with Gasteiger partial charge >= 0.3 is 6.18 Å². The second-order valence-electron chi connectivity index (χ2n) is 7.94. The zero-order valence-corrected chi connectivity index (χ0v) is 18.0. The topological polar surface area (TPSA) is 101 Å². The Bertz CT molecular complexity index is 1240. The average Bonchev–Trinajstić information content (AvgIpc) is 3.42. The summed E-state index contributed by atoms with van der Waals surface area (Å²) < 4.78 is 42.4. The van der Waals surface area contributed by atoms with Crippen molar-refractivity contribution in [1.82, 2.24) is 35.0 Å². The number of carbonyl (C=O) groups excluding carboxylic acids is 1. The molecule has 0 aliphatic carbocycles. The van der Waals surface area contributed by atoms with Gasteiger partial charge < -0.3 is 10.3 Å². The maximum absolute atomic E-state index is 13.6. The number of aromatic nitrogens is 6. The van der Waals surface area contributed by atoms with E-state index in [1.807, 2.05) is 6.07 Å². The van der Waals surface area contributed by atoms with E-state index in [0.29, 0.717) is 17.0 Å². The van der Waals surface area contributed by atoms with Crippen LogP contribution in [-0.2, 0) is 4.79 Å². The molecule has 4 heterocycles. The standard InChI is InChI=1S/C22H22F3N7O/c1-13(2)31-19(33)6-4-17(22(23,24)25)14-3-5-18(27-9-14)32-11-15(10-30-32)16-7-8-26-21-20(16)28-12-29-21/h3,5,7-13,17H,4,6H2,1-2H3,(H,31,33)(H,26,28,29)/t17-/m0/s1. The SMILES string of the molecule is CC(C)NC(=O)CC[C@@H](c1ccc(-n2cc(-c3ccnc4[nH]cnc34)cn2)nc1)C(F)(F)F. The van der Waals surface area contributed by atoms with Crippen molar-refractivity contribution in [2.24, 2.45) is 0 Å². The first kappa shape index (κ1) is 22.4. The maximum atomic E-state index is 13.6. The summed E-state index contributed by atoms with van der Waals surface area (Å²) in [4.78, 5) is 27.4. The number of aromatic amines is 1. The third-order valence-corrected chi connectivity index (χ3v) is 5.13. The molecule has 1 atom stereocenters. The first-order valence-electron chi connectivity index (χ1n) is 10.4. The van der Waals surface area contributed by atoms with Crippen molar-refractivity contribution in [2.75, 3.05) is 0 Å². The van der Waals surface area contributed by atoms with Crippen LogP contribution in [0.25, 0.3) is 28.1 Å². The van der Waals surface area contributed by atoms with Crippen molar-refractivity contribution in [2.45, 2.75) is 44.8 Å². The molecule has 0 saturated carbocycles. The molecule has 0 unspecified atom stereocenters. The van der Waals surface area contributed by atoms with Gasteiger partial charge in [-0.25, -0.2) is 19.6 Å². The minimum atomic E-state index is -4.49. The Labute approximate surface area is 187 Å². The highest BCUT2D eigenvalue weighted by molar-refractivity contribution is 5.88. The van der Waals surface area contributed by atoms with Crippen LogP contribution in [0.1, 0.15) is 38.2 Å². The normalized spacial score (nSPS) is 12.9. The lowest BCUT2D eigenvalue weighted by atomic mass is 9.94. The van der Waals surface area contributed by atoms with E-state index in [1.54, 1.807) is 38.8 Å². The highest BCUT2D eigenvalue weighted by Crippen LogP contribution is 2.38. The molecule has 0 saturated heterocycles. The van der Waals surface area contributed by atoms with Crippen molar-refractivity contribution in [3.8, 4) is 16.9 Å². The van der Waals surface area contributed by atoms with Crippen LogP contribution < -0.4 is 5.32 Å². The highest BCUT2D eigenvalue weighted by Gasteiger charge is 2.40. The van der Waals surface area contributed by atoms with Gasteiger partial charge in [-0.2, -0.15) is 18.3 Å². The Balaban J connectivity index is 1.53. The van der Waals surface area contributed by atoms with Gasteiger partial charge in [0.25, 0.3) is 0 Å². The number of imidazole rings is 1. The number of alkyl halides is 3. The summed E-state index contributed by atoms with van der Waals surface area (Å²) >= 11 is 0. The summed E-state index contributed by atoms with van der Waals surface area (Å²) in [5.41, 5.74) is 2.92. The van der Waals surface area contributed by atoms with E-state index in [2.05, 4.69) is 30.4 Å². The van der Waals surface area contributed by atoms with E-state index in [9.17, 15) is 18.0 Å². The maximum Gasteiger partial charge on any atom is 0.395 e. The summed E-state index contributed by atoms with van der Waals surface area (Å²) in [5, 5.41) is 6.90. The fourth-order valence-corrected chi connectivity index (χ4v) is 3.60. The van der Waals surface area contributed by atoms with E-state index in [0.717, 1.165) is 11.1 Å². The van der Waals surface area contributed by atoms with Crippen LogP contribution in [0.3, 0.4) is 0 Å². The number of hydrogen-bond acceptors (Lipinski definition) is 5. The number of amides is 1. The summed E-state index contributed by atoms with van der Waals surface area (Å²) in [7, 11) is 0. The quantitative estimate of drug-likeness (QED) is 0.434. The molecule has 0 aliphatic heterocycles. The predicted molar refractivity (Wildman–Crippen MR) is 116 cm³/mol. The molecular weight excluding hydrogens is 435 g/mol. The summed E-state index contributed by atoms with van der Waals surface area (Å²) in [6.45, 7) is 3.52. The molecule has 0 radical (unpaired) electrons. The van der Waals surface area contributed by atoms with E-state index < -0.39 is 18.0 Å². The fourth-order valence-electron chi connectivity index (χ4n) is 3.60. The minimum absolute atomic E-state index is 0.00309. The minimum Gasteiger partial charge on any atom is -0.354 e. The molecule has 0 spiro atoms. The fraction of sp³-hybridized carbons (Fsp3) is 0.318. The lowest BCUT2D eigenvalue weighted by molar-refractivity contribution is -0.153. The Kier molecular flexibility index (Phi) is 6.12. The molecule has 11 heteroatoms. The monoisotopic (exact) mass is 457 g/mol. The lowest BCUT2D eigenvalue weighted by Gasteiger charge is -2.20. The third kappa shape index (κ3) is 5.02. The van der Waals surface area contributed by atoms with Gasteiger partial charge in [0.2, 0.25) is 5.91 Å². The van der Waals surface area contributed by atoms with Gasteiger partial charge in [0.15, 0.2) is 11.5 Å². The molecule has 4 aromatic heterocycles. The Morgan fingerprint density at radius 1 is 1.15 bits per heavy atom. The largest absolute Gasteiger partial charge is 0.395 e. The highest BCUT2D eigenvalue weighted by atomic mass is 19.4. The van der Waals surface area contributed by atoms with E-state index in [-0.39, 0.29) is 24.4 Å². The van der Waals surface area contributed by atoms with Gasteiger partial charge in [-0.1, -0.05) is 6.07 Å². The van der Waals surface area contributed by atoms with Crippen molar-refractivity contribution in [3.63, 3.8) is 0 Å². The average molecular weight is 457 g/mol. The molecule has 8 nitrogen and oxygen atoms in total. The van der Waals surface area contributed by atoms with Gasteiger partial charge in [0.05, 0.1) is 18.4 Å². The van der Waals surface area contributed by atoms with Crippen LogP contribution in [0.15, 0.2) is 49.3 Å². The second kappa shape index (κ2) is 9.00. The molecule has 0 aromatic carbocycles. The number of fused-ring (bicyclic) bond motifs is 1. The lowest BCUT2D eigenvalue weighted by Crippen LogP contribution is -2.31. The summed E-state index contributed by atoms with van der Waals surface area (Å²) in [6, 6.07) is 4.54. The first-order valence-corrected chi connectivity index (χ1v) is 10.4. The van der Waals surface area contributed by atoms with Gasteiger partial charge in [-0.3, -0.25) is 4.79 Å². The number of H-pyrrole nitrogens is 1. The molecule has 2 N–H and O–H groups in total. The van der Waals surface area contributed by atoms with E-state index in [4.69, 9.17) is 0 Å². The number of carbonyl (C=O) groups is 1. The van der Waals surface area contributed by atoms with E-state index >= 15 is 0 Å². The number of nitrogens with zero attached hydrogens (tertiary/aromatic N) is 5. The zero-order valence-electron chi connectivity index (χ0n) is 18.0. The van der Waals surface area contributed by atoms with Crippen molar-refractivity contribution in [1.29, 1.82) is 0 Å². The van der Waals surface area contributed by atoms with Gasteiger partial charge in [0, 0.05) is 42.2 Å². The Hall–Kier alpha value is -3.76. The number of pyridine rings is 2. The number of rotatable bonds is 7. The van der Waals surface area contributed by atoms with Gasteiger partial charge in [-0.05, 0) is 38.0 Å². The molecule has 0 aliphatic rings. The number of halogens is 3. The predicted octanol–water partition coefficient (Wildman–Crippen LogP) is 4.16. The first-order chi connectivity index (χ1) is 15.7. The molecule has 0 fully saturated rings. The van der Waals surface area contributed by atoms with Crippen LogP contribution in [-0.4, -0.2) is 47.8 Å². The molecule has 172 valence electrons. The number of hydrogen-bond donors (Lipinski definition) is 2. The molecule has 33 heavy (non-hydrogen) atoms. The number of nitrogens with one attached hydrogen (secondary N) is 2. The molecule has 1 amide bonds. The van der Waals surface area contributed by atoms with E-state index in [1.165, 1.54) is 23.0 Å². The van der Waals surface area contributed by atoms with Gasteiger partial charge in [0.1, 0.15) is 5.52 Å². The van der Waals surface area contributed by atoms with Crippen LogP contribution in [0.4, 0.5) is 13.2 Å². The van der Waals surface area contributed by atoms with Crippen LogP contribution >= 0.6 is 0 Å². The zero-order chi connectivity index (χ0) is 23.6. The third-order valence-electron chi connectivity index (χ3n) is 5.13. The van der Waals surface area contributed by atoms with Crippen molar-refractivity contribution < 1.29 is 18.0 Å². The van der Waals surface area contributed by atoms with Gasteiger partial charge in [-0.15, -0.1) is 0 Å². The second-order valence-corrected chi connectivity index (χ2v) is 7.94. The van der Waals surface area contributed by atoms with Crippen LogP contribution in [0.5, 0.6) is 0 Å².